The van der Waals surface area contributed by atoms with E-state index in [1.54, 1.807) is 30.3 Å². The van der Waals surface area contributed by atoms with Gasteiger partial charge in [-0.15, -0.1) is 0 Å². The molecule has 0 aromatic heterocycles. The van der Waals surface area contributed by atoms with Crippen LogP contribution in [0.3, 0.4) is 0 Å². The van der Waals surface area contributed by atoms with Crippen LogP contribution in [0.1, 0.15) is 12.5 Å². The zero-order chi connectivity index (χ0) is 17.0. The van der Waals surface area contributed by atoms with E-state index in [0.29, 0.717) is 17.4 Å². The number of alkyl halides is 2. The van der Waals surface area contributed by atoms with Gasteiger partial charge in [-0.05, 0) is 30.2 Å². The van der Waals surface area contributed by atoms with E-state index in [2.05, 4.69) is 0 Å². The number of carbonyl (C=O) groups excluding carboxylic acids is 1. The largest absolute Gasteiger partial charge is 0.492 e. The quantitative estimate of drug-likeness (QED) is 0.809. The summed E-state index contributed by atoms with van der Waals surface area (Å²) < 4.78 is 33.2. The van der Waals surface area contributed by atoms with E-state index in [0.717, 1.165) is 11.1 Å². The average molecular weight is 340 g/mol. The molecule has 0 unspecified atom stereocenters. The van der Waals surface area contributed by atoms with Gasteiger partial charge in [-0.1, -0.05) is 41.9 Å². The van der Waals surface area contributed by atoms with E-state index in [-0.39, 0.29) is 11.8 Å². The summed E-state index contributed by atoms with van der Waals surface area (Å²) in [7, 11) is 0. The van der Waals surface area contributed by atoms with Crippen molar-refractivity contribution in [3.05, 3.63) is 53.1 Å². The number of hydrogen-bond donors (Lipinski definition) is 1. The van der Waals surface area contributed by atoms with E-state index in [4.69, 9.17) is 22.1 Å². The van der Waals surface area contributed by atoms with Gasteiger partial charge >= 0.3 is 0 Å². The highest BCUT2D eigenvalue weighted by atomic mass is 35.5. The summed E-state index contributed by atoms with van der Waals surface area (Å²) in [5.74, 6) is -2.87. The van der Waals surface area contributed by atoms with Crippen LogP contribution in [0.5, 0.6) is 5.75 Å². The number of hydrogen-bond acceptors (Lipinski definition) is 3. The molecule has 0 saturated heterocycles. The van der Waals surface area contributed by atoms with Crippen LogP contribution in [0.2, 0.25) is 5.02 Å². The van der Waals surface area contributed by atoms with Gasteiger partial charge in [-0.25, -0.2) is 0 Å². The fourth-order valence-electron chi connectivity index (χ4n) is 2.11. The van der Waals surface area contributed by atoms with E-state index >= 15 is 0 Å². The lowest BCUT2D eigenvalue weighted by molar-refractivity contribution is -0.118. The normalized spacial score (nSPS) is 12.7. The van der Waals surface area contributed by atoms with E-state index in [1.807, 2.05) is 6.92 Å². The van der Waals surface area contributed by atoms with Crippen molar-refractivity contribution in [3.8, 4) is 16.9 Å². The van der Waals surface area contributed by atoms with Crippen LogP contribution in [0.4, 0.5) is 8.78 Å². The van der Waals surface area contributed by atoms with Gasteiger partial charge in [0.1, 0.15) is 18.1 Å². The van der Waals surface area contributed by atoms with E-state index in [1.165, 1.54) is 12.1 Å². The van der Waals surface area contributed by atoms with Crippen LogP contribution in [-0.4, -0.2) is 18.9 Å². The SMILES string of the molecule is CCOc1cc(-c2ccc(C(F)(F)[C@H](N)C=O)cc2)ccc1Cl. The lowest BCUT2D eigenvalue weighted by Crippen LogP contribution is -2.39. The highest BCUT2D eigenvalue weighted by Crippen LogP contribution is 2.34. The third-order valence-electron chi connectivity index (χ3n) is 3.40. The molecule has 0 radical (unpaired) electrons. The molecule has 6 heteroatoms. The smallest absolute Gasteiger partial charge is 0.294 e. The van der Waals surface area contributed by atoms with Crippen LogP contribution >= 0.6 is 11.6 Å². The van der Waals surface area contributed by atoms with Gasteiger partial charge < -0.3 is 15.3 Å². The Morgan fingerprint density at radius 1 is 1.22 bits per heavy atom. The van der Waals surface area contributed by atoms with Gasteiger partial charge in [-0.3, -0.25) is 0 Å². The number of carbonyl (C=O) groups is 1. The Bertz CT molecular complexity index is 689. The molecule has 2 aromatic rings. The number of nitrogens with two attached hydrogens (primary N) is 1. The minimum atomic E-state index is -3.41. The van der Waals surface area contributed by atoms with Gasteiger partial charge in [0.05, 0.1) is 11.6 Å². The number of rotatable bonds is 6. The Kier molecular flexibility index (Phi) is 5.34. The molecule has 3 nitrogen and oxygen atoms in total. The summed E-state index contributed by atoms with van der Waals surface area (Å²) in [6, 6.07) is 8.94. The Morgan fingerprint density at radius 3 is 2.39 bits per heavy atom. The minimum Gasteiger partial charge on any atom is -0.492 e. The topological polar surface area (TPSA) is 52.3 Å². The van der Waals surface area contributed by atoms with Crippen LogP contribution in [0.25, 0.3) is 11.1 Å². The average Bonchev–Trinajstić information content (AvgIpc) is 2.56. The van der Waals surface area contributed by atoms with Gasteiger partial charge in [0, 0.05) is 5.56 Å². The van der Waals surface area contributed by atoms with Gasteiger partial charge in [-0.2, -0.15) is 8.78 Å². The van der Waals surface area contributed by atoms with Crippen molar-refractivity contribution in [2.45, 2.75) is 18.9 Å². The second kappa shape index (κ2) is 7.06. The summed E-state index contributed by atoms with van der Waals surface area (Å²) >= 11 is 6.03. The molecule has 2 rings (SSSR count). The Hall–Kier alpha value is -1.98. The lowest BCUT2D eigenvalue weighted by Gasteiger charge is -2.19. The molecule has 0 fully saturated rings. The van der Waals surface area contributed by atoms with Gasteiger partial charge in [0.15, 0.2) is 0 Å². The van der Waals surface area contributed by atoms with Crippen molar-refractivity contribution in [2.24, 2.45) is 5.73 Å². The van der Waals surface area contributed by atoms with Gasteiger partial charge in [0.2, 0.25) is 0 Å². The Morgan fingerprint density at radius 2 is 1.83 bits per heavy atom. The Balaban J connectivity index is 2.33. The second-order valence-corrected chi connectivity index (χ2v) is 5.35. The third-order valence-corrected chi connectivity index (χ3v) is 3.71. The van der Waals surface area contributed by atoms with Gasteiger partial charge in [0.25, 0.3) is 5.92 Å². The first-order valence-electron chi connectivity index (χ1n) is 7.02. The maximum Gasteiger partial charge on any atom is 0.294 e. The number of halogens is 3. The number of aldehydes is 1. The predicted octanol–water partition coefficient (Wildman–Crippen LogP) is 4.02. The molecule has 0 heterocycles. The zero-order valence-electron chi connectivity index (χ0n) is 12.4. The monoisotopic (exact) mass is 339 g/mol. The van der Waals surface area contributed by atoms with Crippen LogP contribution in [0.15, 0.2) is 42.5 Å². The van der Waals surface area contributed by atoms with Crippen molar-refractivity contribution in [1.82, 2.24) is 0 Å². The molecule has 23 heavy (non-hydrogen) atoms. The molecule has 0 aliphatic heterocycles. The Labute approximate surface area is 138 Å². The molecule has 0 bridgehead atoms. The molecule has 122 valence electrons. The molecule has 2 N–H and O–H groups in total. The third kappa shape index (κ3) is 3.68. The number of ether oxygens (including phenoxy) is 1. The second-order valence-electron chi connectivity index (χ2n) is 4.94. The van der Waals surface area contributed by atoms with Crippen LogP contribution < -0.4 is 10.5 Å². The molecule has 0 spiro atoms. The lowest BCUT2D eigenvalue weighted by atomic mass is 9.98. The maximum atomic E-state index is 13.9. The predicted molar refractivity (Wildman–Crippen MR) is 86.0 cm³/mol. The summed E-state index contributed by atoms with van der Waals surface area (Å²) in [5, 5.41) is 0.482. The van der Waals surface area contributed by atoms with Crippen LogP contribution in [0, 0.1) is 0 Å². The highest BCUT2D eigenvalue weighted by molar-refractivity contribution is 6.32. The molecular formula is C17H16ClF2NO2. The van der Waals surface area contributed by atoms with Crippen molar-refractivity contribution in [2.75, 3.05) is 6.61 Å². The molecule has 0 aliphatic rings. The molecule has 0 aliphatic carbocycles. The molecule has 2 aromatic carbocycles. The first-order chi connectivity index (χ1) is 10.9. The number of benzene rings is 2. The highest BCUT2D eigenvalue weighted by Gasteiger charge is 2.38. The van der Waals surface area contributed by atoms with Crippen molar-refractivity contribution in [3.63, 3.8) is 0 Å². The zero-order valence-corrected chi connectivity index (χ0v) is 13.2. The molecular weight excluding hydrogens is 324 g/mol. The minimum absolute atomic E-state index is 0.0431. The van der Waals surface area contributed by atoms with E-state index in [9.17, 15) is 13.6 Å². The first kappa shape index (κ1) is 17.4. The van der Waals surface area contributed by atoms with Crippen molar-refractivity contribution < 1.29 is 18.3 Å². The summed E-state index contributed by atoms with van der Waals surface area (Å²) in [4.78, 5) is 10.5. The van der Waals surface area contributed by atoms with Crippen molar-refractivity contribution >= 4 is 17.9 Å². The first-order valence-corrected chi connectivity index (χ1v) is 7.40. The summed E-state index contributed by atoms with van der Waals surface area (Å²) in [6.45, 7) is 2.31. The molecule has 0 amide bonds. The van der Waals surface area contributed by atoms with Crippen molar-refractivity contribution in [1.29, 1.82) is 0 Å². The van der Waals surface area contributed by atoms with E-state index < -0.39 is 12.0 Å². The molecule has 1 atom stereocenters. The fraction of sp³-hybridized carbons (Fsp3) is 0.235. The fourth-order valence-corrected chi connectivity index (χ4v) is 2.28. The standard InChI is InChI=1S/C17H16ClF2NO2/c1-2-23-15-9-12(5-8-14(15)18)11-3-6-13(7-4-11)17(19,20)16(21)10-22/h3-10,16H,2,21H2,1H3/t16-/m1/s1. The molecule has 0 saturated carbocycles. The van der Waals surface area contributed by atoms with Crippen LogP contribution in [-0.2, 0) is 10.7 Å². The maximum absolute atomic E-state index is 13.9. The summed E-state index contributed by atoms with van der Waals surface area (Å²) in [5.41, 5.74) is 6.36. The summed E-state index contributed by atoms with van der Waals surface area (Å²) in [6.07, 6.45) is 0.0431.